The minimum atomic E-state index is -0.0292. The molecule has 0 saturated carbocycles. The van der Waals surface area contributed by atoms with Gasteiger partial charge in [-0.2, -0.15) is 0 Å². The van der Waals surface area contributed by atoms with Crippen LogP contribution in [0.3, 0.4) is 0 Å². The van der Waals surface area contributed by atoms with Gasteiger partial charge < -0.3 is 11.1 Å². The van der Waals surface area contributed by atoms with E-state index in [-0.39, 0.29) is 30.7 Å². The van der Waals surface area contributed by atoms with E-state index in [9.17, 15) is 4.79 Å². The van der Waals surface area contributed by atoms with Gasteiger partial charge in [0.25, 0.3) is 0 Å². The van der Waals surface area contributed by atoms with Crippen molar-refractivity contribution in [1.29, 1.82) is 0 Å². The molecule has 2 aromatic heterocycles. The van der Waals surface area contributed by atoms with E-state index in [4.69, 9.17) is 5.73 Å². The lowest BCUT2D eigenvalue weighted by atomic mass is 10.3. The van der Waals surface area contributed by atoms with Gasteiger partial charge in [-0.25, -0.2) is 4.98 Å². The highest BCUT2D eigenvalue weighted by atomic mass is 35.5. The van der Waals surface area contributed by atoms with E-state index in [0.717, 1.165) is 15.6 Å². The van der Waals surface area contributed by atoms with Crippen LogP contribution in [0.25, 0.3) is 9.88 Å². The van der Waals surface area contributed by atoms with Crippen LogP contribution in [0, 0.1) is 0 Å². The first kappa shape index (κ1) is 18.3. The van der Waals surface area contributed by atoms with Crippen molar-refractivity contribution < 1.29 is 4.79 Å². The first-order valence-electron chi connectivity index (χ1n) is 5.24. The monoisotopic (exact) mass is 339 g/mol. The van der Waals surface area contributed by atoms with E-state index in [1.807, 2.05) is 22.9 Å². The SMILES string of the molecule is Cl.Cl.NCCNC(=O)Cc1csc(-c2cccs2)n1. The van der Waals surface area contributed by atoms with Gasteiger partial charge >= 0.3 is 0 Å². The number of nitrogens with one attached hydrogen (secondary N) is 1. The van der Waals surface area contributed by atoms with Gasteiger partial charge in [-0.1, -0.05) is 6.07 Å². The van der Waals surface area contributed by atoms with Crippen LogP contribution < -0.4 is 11.1 Å². The second kappa shape index (κ2) is 9.28. The molecule has 0 radical (unpaired) electrons. The number of carbonyl (C=O) groups is 1. The van der Waals surface area contributed by atoms with Gasteiger partial charge in [-0.15, -0.1) is 47.5 Å². The number of thiazole rings is 1. The van der Waals surface area contributed by atoms with Gasteiger partial charge in [-0.05, 0) is 11.4 Å². The highest BCUT2D eigenvalue weighted by molar-refractivity contribution is 7.20. The average molecular weight is 340 g/mol. The maximum absolute atomic E-state index is 11.5. The van der Waals surface area contributed by atoms with Crippen LogP contribution in [0.1, 0.15) is 5.69 Å². The number of halogens is 2. The standard InChI is InChI=1S/C11H13N3OS2.2ClH/c12-3-4-13-10(15)6-8-7-17-11(14-8)9-2-1-5-16-9;;/h1-2,5,7H,3-4,6,12H2,(H,13,15);2*1H. The molecule has 0 aliphatic rings. The minimum Gasteiger partial charge on any atom is -0.354 e. The van der Waals surface area contributed by atoms with Crippen LogP contribution in [-0.4, -0.2) is 24.0 Å². The molecule has 1 amide bonds. The molecule has 0 spiro atoms. The number of amides is 1. The van der Waals surface area contributed by atoms with Crippen LogP contribution in [0.4, 0.5) is 0 Å². The summed E-state index contributed by atoms with van der Waals surface area (Å²) in [4.78, 5) is 17.0. The summed E-state index contributed by atoms with van der Waals surface area (Å²) in [5.74, 6) is -0.0292. The van der Waals surface area contributed by atoms with E-state index in [1.54, 1.807) is 22.7 Å². The maximum atomic E-state index is 11.5. The highest BCUT2D eigenvalue weighted by Crippen LogP contribution is 2.27. The van der Waals surface area contributed by atoms with Gasteiger partial charge in [0.1, 0.15) is 5.01 Å². The van der Waals surface area contributed by atoms with Crippen molar-refractivity contribution in [3.63, 3.8) is 0 Å². The van der Waals surface area contributed by atoms with Gasteiger partial charge in [0.15, 0.2) is 0 Å². The Morgan fingerprint density at radius 2 is 2.16 bits per heavy atom. The number of carbonyl (C=O) groups excluding carboxylic acids is 1. The molecule has 106 valence electrons. The molecular formula is C11H15Cl2N3OS2. The highest BCUT2D eigenvalue weighted by Gasteiger charge is 2.08. The third kappa shape index (κ3) is 5.46. The largest absolute Gasteiger partial charge is 0.354 e. The Morgan fingerprint density at radius 3 is 2.79 bits per heavy atom. The van der Waals surface area contributed by atoms with Crippen molar-refractivity contribution in [2.75, 3.05) is 13.1 Å². The molecule has 2 heterocycles. The third-order valence-electron chi connectivity index (χ3n) is 2.09. The summed E-state index contributed by atoms with van der Waals surface area (Å²) in [6, 6.07) is 4.02. The predicted molar refractivity (Wildman–Crippen MR) is 85.7 cm³/mol. The zero-order valence-electron chi connectivity index (χ0n) is 10.00. The van der Waals surface area contributed by atoms with Crippen LogP contribution in [0.5, 0.6) is 0 Å². The van der Waals surface area contributed by atoms with Gasteiger partial charge in [0.05, 0.1) is 17.0 Å². The van der Waals surface area contributed by atoms with Crippen molar-refractivity contribution >= 4 is 53.4 Å². The smallest absolute Gasteiger partial charge is 0.226 e. The molecule has 0 fully saturated rings. The molecule has 2 aromatic rings. The van der Waals surface area contributed by atoms with E-state index in [2.05, 4.69) is 10.3 Å². The number of nitrogens with zero attached hydrogens (tertiary/aromatic N) is 1. The lowest BCUT2D eigenvalue weighted by Crippen LogP contribution is -2.30. The predicted octanol–water partition coefficient (Wildman–Crippen LogP) is 2.33. The summed E-state index contributed by atoms with van der Waals surface area (Å²) in [5.41, 5.74) is 6.12. The summed E-state index contributed by atoms with van der Waals surface area (Å²) in [5, 5.41) is 7.65. The van der Waals surface area contributed by atoms with Crippen molar-refractivity contribution in [2.24, 2.45) is 5.73 Å². The molecule has 0 aliphatic heterocycles. The van der Waals surface area contributed by atoms with Gasteiger partial charge in [-0.3, -0.25) is 4.79 Å². The van der Waals surface area contributed by atoms with Crippen molar-refractivity contribution in [3.8, 4) is 9.88 Å². The maximum Gasteiger partial charge on any atom is 0.226 e. The molecule has 2 rings (SSSR count). The molecular weight excluding hydrogens is 325 g/mol. The lowest BCUT2D eigenvalue weighted by Gasteiger charge is -2.00. The quantitative estimate of drug-likeness (QED) is 0.878. The number of rotatable bonds is 5. The van der Waals surface area contributed by atoms with Crippen LogP contribution in [0.2, 0.25) is 0 Å². The molecule has 0 bridgehead atoms. The number of aromatic nitrogens is 1. The number of hydrogen-bond acceptors (Lipinski definition) is 5. The fourth-order valence-corrected chi connectivity index (χ4v) is 2.97. The molecule has 0 aliphatic carbocycles. The normalized spacial score (nSPS) is 9.32. The number of thiophene rings is 1. The molecule has 4 nitrogen and oxygen atoms in total. The van der Waals surface area contributed by atoms with Crippen LogP contribution in [0.15, 0.2) is 22.9 Å². The molecule has 19 heavy (non-hydrogen) atoms. The fourth-order valence-electron chi connectivity index (χ4n) is 1.34. The van der Waals surface area contributed by atoms with E-state index in [1.165, 1.54) is 0 Å². The summed E-state index contributed by atoms with van der Waals surface area (Å²) in [6.45, 7) is 0.976. The number of hydrogen-bond donors (Lipinski definition) is 2. The van der Waals surface area contributed by atoms with Crippen LogP contribution in [-0.2, 0) is 11.2 Å². The zero-order valence-corrected chi connectivity index (χ0v) is 13.3. The van der Waals surface area contributed by atoms with Gasteiger partial charge in [0.2, 0.25) is 5.91 Å². The van der Waals surface area contributed by atoms with E-state index < -0.39 is 0 Å². The fraction of sp³-hybridized carbons (Fsp3) is 0.273. The summed E-state index contributed by atoms with van der Waals surface area (Å²) < 4.78 is 0. The Bertz CT molecular complexity index is 488. The Morgan fingerprint density at radius 1 is 1.37 bits per heavy atom. The third-order valence-corrected chi connectivity index (χ3v) is 4.02. The van der Waals surface area contributed by atoms with Gasteiger partial charge in [0, 0.05) is 18.5 Å². The summed E-state index contributed by atoms with van der Waals surface area (Å²) in [7, 11) is 0. The Kier molecular flexibility index (Phi) is 8.95. The molecule has 3 N–H and O–H groups in total. The second-order valence-corrected chi connectivity index (χ2v) is 5.24. The first-order valence-corrected chi connectivity index (χ1v) is 7.00. The van der Waals surface area contributed by atoms with E-state index >= 15 is 0 Å². The molecule has 8 heteroatoms. The molecule has 0 aromatic carbocycles. The average Bonchev–Trinajstić information content (AvgIpc) is 2.95. The summed E-state index contributed by atoms with van der Waals surface area (Å²) in [6.07, 6.45) is 0.321. The van der Waals surface area contributed by atoms with Crippen molar-refractivity contribution in [2.45, 2.75) is 6.42 Å². The second-order valence-electron chi connectivity index (χ2n) is 3.44. The zero-order chi connectivity index (χ0) is 12.1. The van der Waals surface area contributed by atoms with Crippen LogP contribution >= 0.6 is 47.5 Å². The lowest BCUT2D eigenvalue weighted by molar-refractivity contribution is -0.120. The molecule has 0 unspecified atom stereocenters. The minimum absolute atomic E-state index is 0. The van der Waals surface area contributed by atoms with Crippen molar-refractivity contribution in [3.05, 3.63) is 28.6 Å². The Balaban J connectivity index is 0.00000162. The Labute approximate surface area is 132 Å². The molecule has 0 saturated heterocycles. The number of nitrogens with two attached hydrogens (primary N) is 1. The summed E-state index contributed by atoms with van der Waals surface area (Å²) >= 11 is 3.22. The van der Waals surface area contributed by atoms with E-state index in [0.29, 0.717) is 19.5 Å². The first-order chi connectivity index (χ1) is 8.29. The Hall–Kier alpha value is -0.660. The topological polar surface area (TPSA) is 68.0 Å². The van der Waals surface area contributed by atoms with Crippen molar-refractivity contribution in [1.82, 2.24) is 10.3 Å². The molecule has 0 atom stereocenters.